The zero-order chi connectivity index (χ0) is 29.4. The lowest BCUT2D eigenvalue weighted by atomic mass is 10.1. The van der Waals surface area contributed by atoms with E-state index >= 15 is 0 Å². The molecule has 0 saturated carbocycles. The SMILES string of the molecule is Cc1cc(N2CCN(S(=O)(=O)c3ccccc3)CC2)ccc1N(C(=O)c1nc[nH]c1C(N)=O)c1nc2ccccc2[nH]1. The maximum atomic E-state index is 13.9. The van der Waals surface area contributed by atoms with Gasteiger partial charge in [0.05, 0.1) is 27.9 Å². The van der Waals surface area contributed by atoms with Gasteiger partial charge in [0.2, 0.25) is 16.0 Å². The molecule has 4 N–H and O–H groups in total. The highest BCUT2D eigenvalue weighted by Crippen LogP contribution is 2.33. The lowest BCUT2D eigenvalue weighted by Crippen LogP contribution is -2.48. The monoisotopic (exact) mass is 584 g/mol. The number of aryl methyl sites for hydroxylation is 1. The number of carbonyl (C=O) groups excluding carboxylic acids is 2. The quantitative estimate of drug-likeness (QED) is 0.265. The Morgan fingerprint density at radius 3 is 2.36 bits per heavy atom. The van der Waals surface area contributed by atoms with Crippen LogP contribution in [0, 0.1) is 6.92 Å². The number of H-pyrrole nitrogens is 2. The summed E-state index contributed by atoms with van der Waals surface area (Å²) in [5, 5.41) is 0. The normalized spacial score (nSPS) is 14.3. The number of rotatable bonds is 7. The highest BCUT2D eigenvalue weighted by molar-refractivity contribution is 7.89. The van der Waals surface area contributed by atoms with E-state index in [0.29, 0.717) is 37.4 Å². The summed E-state index contributed by atoms with van der Waals surface area (Å²) in [5.41, 5.74) is 8.85. The Balaban J connectivity index is 1.30. The van der Waals surface area contributed by atoms with E-state index in [2.05, 4.69) is 24.8 Å². The molecule has 0 atom stereocenters. The molecule has 1 fully saturated rings. The fourth-order valence-corrected chi connectivity index (χ4v) is 6.57. The van der Waals surface area contributed by atoms with Gasteiger partial charge in [0.15, 0.2) is 5.69 Å². The fourth-order valence-electron chi connectivity index (χ4n) is 5.13. The number of para-hydroxylation sites is 2. The third-order valence-corrected chi connectivity index (χ3v) is 9.20. The molecule has 2 amide bonds. The molecule has 12 nitrogen and oxygen atoms in total. The second kappa shape index (κ2) is 10.8. The predicted octanol–water partition coefficient (Wildman–Crippen LogP) is 3.18. The minimum Gasteiger partial charge on any atom is -0.369 e. The number of benzene rings is 3. The average molecular weight is 585 g/mol. The molecule has 0 radical (unpaired) electrons. The Kier molecular flexibility index (Phi) is 6.96. The molecule has 3 heterocycles. The van der Waals surface area contributed by atoms with Crippen molar-refractivity contribution in [3.63, 3.8) is 0 Å². The van der Waals surface area contributed by atoms with Crippen molar-refractivity contribution >= 4 is 50.2 Å². The number of amides is 2. The van der Waals surface area contributed by atoms with Gasteiger partial charge in [0.1, 0.15) is 5.69 Å². The number of hydrogen-bond acceptors (Lipinski definition) is 7. The van der Waals surface area contributed by atoms with Crippen LogP contribution in [0.25, 0.3) is 11.0 Å². The molecule has 0 spiro atoms. The molecular formula is C29H28N8O4S. The van der Waals surface area contributed by atoms with E-state index in [1.165, 1.54) is 15.5 Å². The topological polar surface area (TPSA) is 161 Å². The summed E-state index contributed by atoms with van der Waals surface area (Å²) in [4.78, 5) is 44.2. The van der Waals surface area contributed by atoms with Crippen LogP contribution in [0.5, 0.6) is 0 Å². The van der Waals surface area contributed by atoms with Crippen LogP contribution in [0.2, 0.25) is 0 Å². The first-order valence-corrected chi connectivity index (χ1v) is 14.7. The van der Waals surface area contributed by atoms with Crippen molar-refractivity contribution < 1.29 is 18.0 Å². The van der Waals surface area contributed by atoms with Gasteiger partial charge in [-0.3, -0.25) is 9.59 Å². The number of primary amides is 1. The van der Waals surface area contributed by atoms with Crippen LogP contribution in [-0.4, -0.2) is 70.7 Å². The van der Waals surface area contributed by atoms with E-state index in [9.17, 15) is 18.0 Å². The fraction of sp³-hybridized carbons (Fsp3) is 0.172. The molecule has 3 aromatic carbocycles. The van der Waals surface area contributed by atoms with Gasteiger partial charge in [0.25, 0.3) is 11.8 Å². The van der Waals surface area contributed by atoms with Gasteiger partial charge in [-0.25, -0.2) is 23.3 Å². The summed E-state index contributed by atoms with van der Waals surface area (Å²) in [7, 11) is -3.57. The van der Waals surface area contributed by atoms with Crippen molar-refractivity contribution in [3.05, 3.63) is 96.1 Å². The number of nitrogens with one attached hydrogen (secondary N) is 2. The smallest absolute Gasteiger partial charge is 0.286 e. The molecule has 42 heavy (non-hydrogen) atoms. The van der Waals surface area contributed by atoms with Gasteiger partial charge < -0.3 is 20.6 Å². The van der Waals surface area contributed by atoms with Crippen molar-refractivity contribution in [2.24, 2.45) is 5.73 Å². The van der Waals surface area contributed by atoms with Gasteiger partial charge in [0, 0.05) is 31.9 Å². The summed E-state index contributed by atoms with van der Waals surface area (Å²) in [6.45, 7) is 3.57. The summed E-state index contributed by atoms with van der Waals surface area (Å²) in [6, 6.07) is 21.5. The van der Waals surface area contributed by atoms with Gasteiger partial charge >= 0.3 is 0 Å². The number of nitrogens with two attached hydrogens (primary N) is 1. The maximum Gasteiger partial charge on any atom is 0.286 e. The Labute approximate surface area is 241 Å². The molecule has 6 rings (SSSR count). The highest BCUT2D eigenvalue weighted by Gasteiger charge is 2.31. The summed E-state index contributed by atoms with van der Waals surface area (Å²) in [6.07, 6.45) is 1.25. The van der Waals surface area contributed by atoms with E-state index in [-0.39, 0.29) is 22.2 Å². The number of piperazine rings is 1. The average Bonchev–Trinajstić information content (AvgIpc) is 3.66. The molecule has 1 saturated heterocycles. The van der Waals surface area contributed by atoms with Crippen LogP contribution in [-0.2, 0) is 10.0 Å². The zero-order valence-electron chi connectivity index (χ0n) is 22.7. The van der Waals surface area contributed by atoms with E-state index in [1.807, 2.05) is 43.3 Å². The molecule has 1 aliphatic heterocycles. The van der Waals surface area contributed by atoms with E-state index in [1.54, 1.807) is 36.4 Å². The van der Waals surface area contributed by atoms with Crippen LogP contribution < -0.4 is 15.5 Å². The number of anilines is 3. The Morgan fingerprint density at radius 1 is 0.952 bits per heavy atom. The third kappa shape index (κ3) is 4.88. The summed E-state index contributed by atoms with van der Waals surface area (Å²) >= 11 is 0. The summed E-state index contributed by atoms with van der Waals surface area (Å²) < 4.78 is 27.6. The van der Waals surface area contributed by atoms with Crippen LogP contribution in [0.4, 0.5) is 17.3 Å². The Morgan fingerprint density at radius 2 is 1.67 bits per heavy atom. The molecule has 5 aromatic rings. The largest absolute Gasteiger partial charge is 0.369 e. The first-order chi connectivity index (χ1) is 20.2. The molecule has 13 heteroatoms. The molecule has 214 valence electrons. The van der Waals surface area contributed by atoms with E-state index in [4.69, 9.17) is 5.73 Å². The number of aromatic amines is 2. The first-order valence-electron chi connectivity index (χ1n) is 13.3. The van der Waals surface area contributed by atoms with E-state index in [0.717, 1.165) is 16.8 Å². The number of nitrogens with zero attached hydrogens (tertiary/aromatic N) is 5. The van der Waals surface area contributed by atoms with Gasteiger partial charge in [-0.15, -0.1) is 0 Å². The molecule has 0 aliphatic carbocycles. The second-order valence-electron chi connectivity index (χ2n) is 9.88. The number of sulfonamides is 1. The number of carbonyl (C=O) groups is 2. The molecule has 0 unspecified atom stereocenters. The Bertz CT molecular complexity index is 1860. The van der Waals surface area contributed by atoms with Gasteiger partial charge in [-0.05, 0) is 55.0 Å². The lowest BCUT2D eigenvalue weighted by Gasteiger charge is -2.35. The first kappa shape index (κ1) is 27.2. The highest BCUT2D eigenvalue weighted by atomic mass is 32.2. The van der Waals surface area contributed by atoms with Crippen molar-refractivity contribution in [1.29, 1.82) is 0 Å². The minimum absolute atomic E-state index is 0.0984. The van der Waals surface area contributed by atoms with Crippen molar-refractivity contribution in [2.75, 3.05) is 36.0 Å². The zero-order valence-corrected chi connectivity index (χ0v) is 23.5. The minimum atomic E-state index is -3.57. The third-order valence-electron chi connectivity index (χ3n) is 7.29. The van der Waals surface area contributed by atoms with Gasteiger partial charge in [-0.2, -0.15) is 4.31 Å². The summed E-state index contributed by atoms with van der Waals surface area (Å²) in [5.74, 6) is -1.13. The van der Waals surface area contributed by atoms with Crippen molar-refractivity contribution in [2.45, 2.75) is 11.8 Å². The number of aromatic nitrogens is 4. The molecule has 2 aromatic heterocycles. The molecule has 1 aliphatic rings. The van der Waals surface area contributed by atoms with Crippen LogP contribution in [0.1, 0.15) is 26.5 Å². The van der Waals surface area contributed by atoms with Gasteiger partial charge in [-0.1, -0.05) is 30.3 Å². The number of fused-ring (bicyclic) bond motifs is 1. The lowest BCUT2D eigenvalue weighted by molar-refractivity contribution is 0.0961. The predicted molar refractivity (Wildman–Crippen MR) is 158 cm³/mol. The molecule has 0 bridgehead atoms. The molecular weight excluding hydrogens is 556 g/mol. The number of hydrogen-bond donors (Lipinski definition) is 3. The van der Waals surface area contributed by atoms with Crippen molar-refractivity contribution in [1.82, 2.24) is 24.2 Å². The second-order valence-corrected chi connectivity index (χ2v) is 11.8. The van der Waals surface area contributed by atoms with Crippen LogP contribution in [0.15, 0.2) is 84.0 Å². The van der Waals surface area contributed by atoms with Crippen molar-refractivity contribution in [3.8, 4) is 0 Å². The number of imidazole rings is 2. The Hall–Kier alpha value is -5.01. The van der Waals surface area contributed by atoms with Crippen LogP contribution >= 0.6 is 0 Å². The van der Waals surface area contributed by atoms with Crippen LogP contribution in [0.3, 0.4) is 0 Å². The maximum absolute atomic E-state index is 13.9. The standard InChI is InChI=1S/C29H28N8O4S/c1-19-17-20(35-13-15-36(16-14-35)42(40,41)21-7-3-2-4-8-21)11-12-24(19)37(28(39)26-25(27(30)38)31-18-32-26)29-33-22-9-5-6-10-23(22)34-29/h2-12,17-18H,13-16H2,1H3,(H2,30,38)(H,31,32)(H,33,34). The van der Waals surface area contributed by atoms with E-state index < -0.39 is 21.8 Å².